The smallest absolute Gasteiger partial charge is 0.475 e. The van der Waals surface area contributed by atoms with Gasteiger partial charge >= 0.3 is 24.3 Å². The molecule has 0 aromatic carbocycles. The highest BCUT2D eigenvalue weighted by Gasteiger charge is 2.56. The average molecular weight is 638 g/mol. The molecule has 2 aliphatic rings. The van der Waals surface area contributed by atoms with Crippen molar-refractivity contribution in [1.82, 2.24) is 24.6 Å². The fourth-order valence-electron chi connectivity index (χ4n) is 5.17. The number of carboxylic acids is 2. The van der Waals surface area contributed by atoms with Crippen LogP contribution in [-0.2, 0) is 25.7 Å². The fourth-order valence-corrected chi connectivity index (χ4v) is 5.17. The zero-order valence-electron chi connectivity index (χ0n) is 24.1. The molecule has 2 saturated heterocycles. The number of pyridine rings is 1. The zero-order valence-corrected chi connectivity index (χ0v) is 24.1. The maximum atomic E-state index is 13.9. The summed E-state index contributed by atoms with van der Waals surface area (Å²) < 4.78 is 65.5. The Hall–Kier alpha value is -4.18. The van der Waals surface area contributed by atoms with E-state index in [1.165, 1.54) is 0 Å². The van der Waals surface area contributed by atoms with E-state index in [1.54, 1.807) is 6.20 Å². The molecule has 2 atom stereocenters. The Bertz CT molecular complexity index is 1280. The minimum absolute atomic E-state index is 0.0397. The molecule has 0 aliphatic carbocycles. The van der Waals surface area contributed by atoms with E-state index in [0.717, 1.165) is 30.6 Å². The highest BCUT2D eigenvalue weighted by molar-refractivity contribution is 5.87. The number of hydrogen-bond donors (Lipinski definition) is 2. The Morgan fingerprint density at radius 2 is 1.64 bits per heavy atom. The van der Waals surface area contributed by atoms with Crippen molar-refractivity contribution in [3.05, 3.63) is 48.0 Å². The minimum atomic E-state index is -5.08. The van der Waals surface area contributed by atoms with Crippen LogP contribution in [0.4, 0.5) is 26.3 Å². The number of hydrogen-bond acceptors (Lipinski definition) is 6. The first-order chi connectivity index (χ1) is 20.3. The molecule has 2 aliphatic heterocycles. The van der Waals surface area contributed by atoms with Crippen molar-refractivity contribution in [3.8, 4) is 0 Å². The molecule has 0 radical (unpaired) electrons. The summed E-state index contributed by atoms with van der Waals surface area (Å²) in [6, 6.07) is 6.14. The van der Waals surface area contributed by atoms with Crippen LogP contribution in [0, 0.1) is 5.41 Å². The van der Waals surface area contributed by atoms with Crippen LogP contribution < -0.4 is 0 Å². The first-order valence-electron chi connectivity index (χ1n) is 13.4. The highest BCUT2D eigenvalue weighted by atomic mass is 19.4. The van der Waals surface area contributed by atoms with E-state index in [-0.39, 0.29) is 23.8 Å². The topological polar surface area (TPSA) is 146 Å². The number of aliphatic carboxylic acids is 2. The van der Waals surface area contributed by atoms with Crippen LogP contribution in [0.5, 0.6) is 0 Å². The molecule has 17 heteroatoms. The summed E-state index contributed by atoms with van der Waals surface area (Å²) in [7, 11) is 0. The molecule has 2 N–H and O–H groups in total. The number of nitrogens with zero attached hydrogens (tertiary/aromatic N) is 5. The predicted molar refractivity (Wildman–Crippen MR) is 141 cm³/mol. The number of likely N-dealkylation sites (tertiary alicyclic amines) is 2. The lowest BCUT2D eigenvalue weighted by Gasteiger charge is -2.42. The summed E-state index contributed by atoms with van der Waals surface area (Å²) in [4.78, 5) is 52.4. The average Bonchev–Trinajstić information content (AvgIpc) is 3.57. The summed E-state index contributed by atoms with van der Waals surface area (Å²) in [5.74, 6) is -5.28. The molecule has 1 spiro atoms. The molecular formula is C27H33F6N5O6. The number of amides is 2. The van der Waals surface area contributed by atoms with Gasteiger partial charge in [-0.25, -0.2) is 9.59 Å². The van der Waals surface area contributed by atoms with Crippen molar-refractivity contribution in [1.29, 1.82) is 0 Å². The third-order valence-electron chi connectivity index (χ3n) is 7.09. The Morgan fingerprint density at radius 1 is 1.05 bits per heavy atom. The molecule has 2 aromatic heterocycles. The number of alkyl halides is 6. The fraction of sp³-hybridized carbons (Fsp3) is 0.556. The van der Waals surface area contributed by atoms with Gasteiger partial charge in [-0.1, -0.05) is 13.0 Å². The van der Waals surface area contributed by atoms with Crippen molar-refractivity contribution < 1.29 is 55.7 Å². The second-order valence-electron chi connectivity index (χ2n) is 10.4. The third kappa shape index (κ3) is 8.92. The molecule has 4 heterocycles. The first kappa shape index (κ1) is 36.0. The van der Waals surface area contributed by atoms with E-state index in [0.29, 0.717) is 26.1 Å². The van der Waals surface area contributed by atoms with E-state index in [1.807, 2.05) is 52.0 Å². The van der Waals surface area contributed by atoms with Gasteiger partial charge in [0.1, 0.15) is 0 Å². The monoisotopic (exact) mass is 637 g/mol. The van der Waals surface area contributed by atoms with E-state index in [2.05, 4.69) is 23.9 Å². The minimum Gasteiger partial charge on any atom is -0.475 e. The van der Waals surface area contributed by atoms with Crippen LogP contribution >= 0.6 is 0 Å². The second-order valence-corrected chi connectivity index (χ2v) is 10.4. The van der Waals surface area contributed by atoms with Gasteiger partial charge in [0.25, 0.3) is 0 Å². The molecule has 11 nitrogen and oxygen atoms in total. The molecule has 2 amide bonds. The SMILES string of the molecule is CCC(=O)N1C[C@@H](c2ccnn2C(C)C)[C@@]2(CCCN(Cc3cccnc3)C2=O)C1.O=C(O)C(F)(F)F.O=C(O)C(F)(F)F. The van der Waals surface area contributed by atoms with Gasteiger partial charge in [0.05, 0.1) is 5.41 Å². The van der Waals surface area contributed by atoms with Crippen LogP contribution in [0.15, 0.2) is 36.8 Å². The quantitative estimate of drug-likeness (QED) is 0.463. The Labute approximate surface area is 248 Å². The Kier molecular flexibility index (Phi) is 11.9. The van der Waals surface area contributed by atoms with Crippen LogP contribution in [-0.4, -0.2) is 90.5 Å². The number of carbonyl (C=O) groups is 4. The molecule has 0 bridgehead atoms. The number of carbonyl (C=O) groups excluding carboxylic acids is 2. The molecule has 0 saturated carbocycles. The molecule has 2 aromatic rings. The maximum absolute atomic E-state index is 13.9. The standard InChI is InChI=1S/C23H31N5O2.2C2HF3O2/c1-4-21(29)27-15-19(20-8-11-25-28(20)17(2)3)23(16-27)9-6-12-26(22(23)30)14-18-7-5-10-24-13-18;2*3-2(4,5)1(6)7/h5,7-8,10-11,13,17,19H,4,6,9,12,14-16H2,1-3H3;2*(H,6,7)/t19-,23+;;/m0../s1. The lowest BCUT2D eigenvalue weighted by molar-refractivity contribution is -0.193. The van der Waals surface area contributed by atoms with Gasteiger partial charge in [-0.05, 0) is 44.4 Å². The van der Waals surface area contributed by atoms with E-state index in [9.17, 15) is 35.9 Å². The van der Waals surface area contributed by atoms with Crippen LogP contribution in [0.25, 0.3) is 0 Å². The second kappa shape index (κ2) is 14.5. The van der Waals surface area contributed by atoms with E-state index in [4.69, 9.17) is 19.8 Å². The Balaban J connectivity index is 0.000000402. The van der Waals surface area contributed by atoms with Gasteiger partial charge in [-0.2, -0.15) is 31.4 Å². The maximum Gasteiger partial charge on any atom is 0.490 e. The molecule has 4 rings (SSSR count). The van der Waals surface area contributed by atoms with Crippen molar-refractivity contribution >= 4 is 23.8 Å². The molecule has 2 fully saturated rings. The highest BCUT2D eigenvalue weighted by Crippen LogP contribution is 2.50. The van der Waals surface area contributed by atoms with Crippen molar-refractivity contribution in [2.24, 2.45) is 5.41 Å². The van der Waals surface area contributed by atoms with E-state index >= 15 is 0 Å². The van der Waals surface area contributed by atoms with Crippen molar-refractivity contribution in [2.75, 3.05) is 19.6 Å². The van der Waals surface area contributed by atoms with Gasteiger partial charge in [0, 0.05) is 68.8 Å². The number of halogens is 6. The largest absolute Gasteiger partial charge is 0.490 e. The first-order valence-corrected chi connectivity index (χ1v) is 13.4. The van der Waals surface area contributed by atoms with Crippen molar-refractivity contribution in [3.63, 3.8) is 0 Å². The lowest BCUT2D eigenvalue weighted by Crippen LogP contribution is -2.52. The van der Waals surface area contributed by atoms with Crippen molar-refractivity contribution in [2.45, 2.75) is 70.9 Å². The molecular weight excluding hydrogens is 604 g/mol. The summed E-state index contributed by atoms with van der Waals surface area (Å²) in [5.41, 5.74) is 1.51. The van der Waals surface area contributed by atoms with Crippen LogP contribution in [0.1, 0.15) is 63.3 Å². The zero-order chi connectivity index (χ0) is 33.5. The lowest BCUT2D eigenvalue weighted by atomic mass is 9.70. The normalized spacial score (nSPS) is 20.1. The van der Waals surface area contributed by atoms with Gasteiger partial charge < -0.3 is 20.0 Å². The van der Waals surface area contributed by atoms with Gasteiger partial charge in [0.15, 0.2) is 0 Å². The summed E-state index contributed by atoms with van der Waals surface area (Å²) in [6.45, 7) is 8.47. The summed E-state index contributed by atoms with van der Waals surface area (Å²) >= 11 is 0. The van der Waals surface area contributed by atoms with Gasteiger partial charge in [-0.3, -0.25) is 19.3 Å². The third-order valence-corrected chi connectivity index (χ3v) is 7.09. The number of aromatic nitrogens is 3. The number of carboxylic acid groups (broad SMARTS) is 2. The van der Waals surface area contributed by atoms with Gasteiger partial charge in [-0.15, -0.1) is 0 Å². The summed E-state index contributed by atoms with van der Waals surface area (Å²) in [6.07, 6.45) is -2.59. The Morgan fingerprint density at radius 3 is 2.11 bits per heavy atom. The molecule has 244 valence electrons. The van der Waals surface area contributed by atoms with Crippen LogP contribution in [0.3, 0.4) is 0 Å². The van der Waals surface area contributed by atoms with Crippen LogP contribution in [0.2, 0.25) is 0 Å². The molecule has 0 unspecified atom stereocenters. The predicted octanol–water partition coefficient (Wildman–Crippen LogP) is 4.27. The van der Waals surface area contributed by atoms with E-state index < -0.39 is 29.7 Å². The molecule has 44 heavy (non-hydrogen) atoms. The summed E-state index contributed by atoms with van der Waals surface area (Å²) in [5, 5.41) is 18.8. The number of piperidine rings is 1. The van der Waals surface area contributed by atoms with Gasteiger partial charge in [0.2, 0.25) is 11.8 Å². The number of rotatable bonds is 5.